The summed E-state index contributed by atoms with van der Waals surface area (Å²) in [5.41, 5.74) is 0.639. The van der Waals surface area contributed by atoms with E-state index in [9.17, 15) is 18.0 Å². The summed E-state index contributed by atoms with van der Waals surface area (Å²) in [6.07, 6.45) is -2.15. The highest BCUT2D eigenvalue weighted by atomic mass is 19.4. The fourth-order valence-electron chi connectivity index (χ4n) is 2.31. The third kappa shape index (κ3) is 4.48. The van der Waals surface area contributed by atoms with Crippen LogP contribution in [0.3, 0.4) is 0 Å². The Labute approximate surface area is 128 Å². The minimum Gasteiger partial charge on any atom is -0.291 e. The van der Waals surface area contributed by atoms with Crippen molar-refractivity contribution in [2.24, 2.45) is 12.0 Å². The summed E-state index contributed by atoms with van der Waals surface area (Å²) in [7, 11) is 1.78. The molecule has 0 aromatic carbocycles. The molecule has 7 heteroatoms. The van der Waals surface area contributed by atoms with Gasteiger partial charge in [-0.15, -0.1) is 0 Å². The highest BCUT2D eigenvalue weighted by molar-refractivity contribution is 5.82. The lowest BCUT2D eigenvalue weighted by Gasteiger charge is -2.20. The number of amides is 1. The molecule has 0 bridgehead atoms. The number of unbranched alkanes of at least 4 members (excludes halogenated alkanes) is 2. The number of hydrogen-bond acceptors (Lipinski definition) is 1. The van der Waals surface area contributed by atoms with Gasteiger partial charge in [-0.05, 0) is 6.42 Å². The van der Waals surface area contributed by atoms with Crippen molar-refractivity contribution in [3.8, 4) is 0 Å². The SMILES string of the molecule is CCCCCn1/c(=N\C(=O)C(F)(F)F)cc(C(C)(C)C)n1C. The maximum atomic E-state index is 12.5. The monoisotopic (exact) mass is 319 g/mol. The second-order valence-corrected chi connectivity index (χ2v) is 6.41. The summed E-state index contributed by atoms with van der Waals surface area (Å²) < 4.78 is 40.8. The molecule has 0 aliphatic heterocycles. The van der Waals surface area contributed by atoms with Crippen LogP contribution in [0.15, 0.2) is 11.1 Å². The summed E-state index contributed by atoms with van der Waals surface area (Å²) in [5.74, 6) is -2.07. The maximum absolute atomic E-state index is 12.5. The predicted octanol–water partition coefficient (Wildman–Crippen LogP) is 3.30. The van der Waals surface area contributed by atoms with Gasteiger partial charge in [-0.1, -0.05) is 40.5 Å². The van der Waals surface area contributed by atoms with Crippen LogP contribution in [0.4, 0.5) is 13.2 Å². The van der Waals surface area contributed by atoms with Crippen molar-refractivity contribution >= 4 is 5.91 Å². The minimum atomic E-state index is -4.95. The maximum Gasteiger partial charge on any atom is 0.473 e. The van der Waals surface area contributed by atoms with Gasteiger partial charge in [0, 0.05) is 30.8 Å². The van der Waals surface area contributed by atoms with Gasteiger partial charge in [-0.25, -0.2) is 0 Å². The Morgan fingerprint density at radius 3 is 2.27 bits per heavy atom. The van der Waals surface area contributed by atoms with Crippen molar-refractivity contribution in [2.75, 3.05) is 0 Å². The number of carbonyl (C=O) groups is 1. The summed E-state index contributed by atoms with van der Waals surface area (Å²) in [4.78, 5) is 14.5. The summed E-state index contributed by atoms with van der Waals surface area (Å²) in [5, 5.41) is 0. The van der Waals surface area contributed by atoms with Crippen molar-refractivity contribution in [1.82, 2.24) is 9.36 Å². The number of rotatable bonds is 4. The van der Waals surface area contributed by atoms with Crippen LogP contribution in [0, 0.1) is 0 Å². The third-order valence-electron chi connectivity index (χ3n) is 3.44. The fraction of sp³-hybridized carbons (Fsp3) is 0.733. The van der Waals surface area contributed by atoms with Crippen LogP contribution in [-0.4, -0.2) is 21.4 Å². The molecule has 22 heavy (non-hydrogen) atoms. The quantitative estimate of drug-likeness (QED) is 0.785. The van der Waals surface area contributed by atoms with Crippen molar-refractivity contribution in [3.63, 3.8) is 0 Å². The molecule has 0 saturated carbocycles. The van der Waals surface area contributed by atoms with E-state index in [1.807, 2.05) is 20.8 Å². The second-order valence-electron chi connectivity index (χ2n) is 6.41. The van der Waals surface area contributed by atoms with E-state index in [-0.39, 0.29) is 10.9 Å². The predicted molar refractivity (Wildman–Crippen MR) is 78.3 cm³/mol. The Bertz CT molecular complexity index is 589. The van der Waals surface area contributed by atoms with E-state index in [0.717, 1.165) is 25.0 Å². The van der Waals surface area contributed by atoms with E-state index < -0.39 is 12.1 Å². The Morgan fingerprint density at radius 1 is 1.23 bits per heavy atom. The largest absolute Gasteiger partial charge is 0.473 e. The first-order valence-corrected chi connectivity index (χ1v) is 7.41. The average molecular weight is 319 g/mol. The van der Waals surface area contributed by atoms with Crippen LogP contribution in [0.5, 0.6) is 0 Å². The lowest BCUT2D eigenvalue weighted by molar-refractivity contribution is -0.169. The summed E-state index contributed by atoms with van der Waals surface area (Å²) in [6.45, 7) is 8.48. The van der Waals surface area contributed by atoms with Crippen molar-refractivity contribution < 1.29 is 18.0 Å². The standard InChI is InChI=1S/C15H24F3N3O/c1-6-7-8-9-21-12(19-13(22)15(16,17)18)10-11(20(21)5)14(2,3)4/h10H,6-9H2,1-5H3/b19-12-. The molecule has 1 amide bonds. The van der Waals surface area contributed by atoms with Gasteiger partial charge < -0.3 is 0 Å². The summed E-state index contributed by atoms with van der Waals surface area (Å²) >= 11 is 0. The molecule has 0 N–H and O–H groups in total. The molecule has 0 aliphatic carbocycles. The number of halogens is 3. The number of nitrogens with zero attached hydrogens (tertiary/aromatic N) is 3. The molecule has 126 valence electrons. The Kier molecular flexibility index (Phi) is 5.65. The number of alkyl halides is 3. The lowest BCUT2D eigenvalue weighted by atomic mass is 9.92. The van der Waals surface area contributed by atoms with Gasteiger partial charge in [-0.2, -0.15) is 18.2 Å². The normalized spacial score (nSPS) is 13.7. The molecule has 4 nitrogen and oxygen atoms in total. The Morgan fingerprint density at radius 2 is 1.82 bits per heavy atom. The third-order valence-corrected chi connectivity index (χ3v) is 3.44. The molecule has 1 heterocycles. The van der Waals surface area contributed by atoms with Gasteiger partial charge in [0.05, 0.1) is 0 Å². The van der Waals surface area contributed by atoms with Crippen molar-refractivity contribution in [1.29, 1.82) is 0 Å². The highest BCUT2D eigenvalue weighted by Crippen LogP contribution is 2.21. The van der Waals surface area contributed by atoms with E-state index in [4.69, 9.17) is 0 Å². The van der Waals surface area contributed by atoms with Gasteiger partial charge in [0.2, 0.25) is 0 Å². The Hall–Kier alpha value is -1.53. The molecule has 0 aliphatic rings. The molecule has 0 spiro atoms. The molecule has 1 aromatic rings. The topological polar surface area (TPSA) is 39.3 Å². The molecule has 0 fully saturated rings. The van der Waals surface area contributed by atoms with Crippen LogP contribution in [0.1, 0.15) is 52.7 Å². The van der Waals surface area contributed by atoms with Gasteiger partial charge in [0.25, 0.3) is 0 Å². The molecular formula is C15H24F3N3O. The van der Waals surface area contributed by atoms with Crippen LogP contribution in [0.2, 0.25) is 0 Å². The minimum absolute atomic E-state index is 0.0610. The van der Waals surface area contributed by atoms with E-state index >= 15 is 0 Å². The van der Waals surface area contributed by atoms with E-state index in [1.54, 1.807) is 22.5 Å². The van der Waals surface area contributed by atoms with Crippen LogP contribution < -0.4 is 5.49 Å². The molecular weight excluding hydrogens is 295 g/mol. The van der Waals surface area contributed by atoms with E-state index in [2.05, 4.69) is 11.9 Å². The van der Waals surface area contributed by atoms with Crippen molar-refractivity contribution in [3.05, 3.63) is 17.2 Å². The molecule has 0 unspecified atom stereocenters. The first-order valence-electron chi connectivity index (χ1n) is 7.41. The molecule has 1 aromatic heterocycles. The number of hydrogen-bond donors (Lipinski definition) is 0. The zero-order valence-corrected chi connectivity index (χ0v) is 13.8. The van der Waals surface area contributed by atoms with Crippen molar-refractivity contribution in [2.45, 2.75) is 65.1 Å². The Balaban J connectivity index is 3.35. The number of aromatic nitrogens is 2. The van der Waals surface area contributed by atoms with Gasteiger partial charge in [-0.3, -0.25) is 14.2 Å². The first kappa shape index (κ1) is 18.5. The zero-order chi connectivity index (χ0) is 17.1. The summed E-state index contributed by atoms with van der Waals surface area (Å²) in [6, 6.07) is 1.57. The molecule has 0 atom stereocenters. The molecule has 0 saturated heterocycles. The second kappa shape index (κ2) is 6.71. The van der Waals surface area contributed by atoms with Crippen LogP contribution in [0.25, 0.3) is 0 Å². The van der Waals surface area contributed by atoms with Crippen LogP contribution in [-0.2, 0) is 23.8 Å². The van der Waals surface area contributed by atoms with Gasteiger partial charge in [0.1, 0.15) is 0 Å². The number of carbonyl (C=O) groups excluding carboxylic acids is 1. The van der Waals surface area contributed by atoms with E-state index in [0.29, 0.717) is 6.54 Å². The highest BCUT2D eigenvalue weighted by Gasteiger charge is 2.38. The first-order chi connectivity index (χ1) is 9.98. The van der Waals surface area contributed by atoms with Crippen LogP contribution >= 0.6 is 0 Å². The fourth-order valence-corrected chi connectivity index (χ4v) is 2.31. The van der Waals surface area contributed by atoms with E-state index in [1.165, 1.54) is 0 Å². The molecule has 0 radical (unpaired) electrons. The average Bonchev–Trinajstić information content (AvgIpc) is 2.66. The lowest BCUT2D eigenvalue weighted by Crippen LogP contribution is -2.28. The molecule has 1 rings (SSSR count). The zero-order valence-electron chi connectivity index (χ0n) is 13.8. The van der Waals surface area contributed by atoms with Gasteiger partial charge >= 0.3 is 12.1 Å². The smallest absolute Gasteiger partial charge is 0.291 e. The van der Waals surface area contributed by atoms with Gasteiger partial charge in [0.15, 0.2) is 5.49 Å².